The number of hydrogen-bond acceptors (Lipinski definition) is 2. The topological polar surface area (TPSA) is 18.5 Å². The van der Waals surface area contributed by atoms with E-state index in [1.165, 1.54) is 36.4 Å². The highest BCUT2D eigenvalue weighted by Crippen LogP contribution is 2.42. The Morgan fingerprint density at radius 1 is 0.529 bits per heavy atom. The fourth-order valence-corrected chi connectivity index (χ4v) is 3.26. The second-order valence-corrected chi connectivity index (χ2v) is 8.49. The monoisotopic (exact) mass is 482 g/mol. The third-order valence-electron chi connectivity index (χ3n) is 5.23. The van der Waals surface area contributed by atoms with Gasteiger partial charge in [0.2, 0.25) is 0 Å². The first kappa shape index (κ1) is 25.5. The van der Waals surface area contributed by atoms with Crippen molar-refractivity contribution in [2.75, 3.05) is 0 Å². The van der Waals surface area contributed by atoms with E-state index in [1.807, 2.05) is 0 Å². The molecule has 2 nitrogen and oxygen atoms in total. The van der Waals surface area contributed by atoms with Crippen LogP contribution in [0.5, 0.6) is 23.0 Å². The fraction of sp³-hybridized carbons (Fsp3) is 0.308. The Bertz CT molecular complexity index is 1040. The second kappa shape index (κ2) is 9.60. The van der Waals surface area contributed by atoms with Crippen molar-refractivity contribution >= 4 is 0 Å². The molecule has 182 valence electrons. The largest absolute Gasteiger partial charge is 0.457 e. The van der Waals surface area contributed by atoms with Crippen molar-refractivity contribution in [1.29, 1.82) is 0 Å². The Morgan fingerprint density at radius 3 is 1.12 bits per heavy atom. The molecular formula is C26H24F6O2. The van der Waals surface area contributed by atoms with E-state index in [9.17, 15) is 26.3 Å². The first-order valence-corrected chi connectivity index (χ1v) is 10.6. The SMILES string of the molecule is CC(C)c1ccc(Oc2ccc(Oc3ccc(C(C)C)cc3C(F)(F)F)cc2)c(C(F)(F)F)c1. The van der Waals surface area contributed by atoms with Gasteiger partial charge in [-0.05, 0) is 71.5 Å². The zero-order chi connectivity index (χ0) is 25.3. The molecule has 0 aliphatic carbocycles. The van der Waals surface area contributed by atoms with Crippen LogP contribution in [-0.4, -0.2) is 0 Å². The summed E-state index contributed by atoms with van der Waals surface area (Å²) in [5.74, 6) is -0.753. The van der Waals surface area contributed by atoms with Crippen molar-refractivity contribution in [1.82, 2.24) is 0 Å². The zero-order valence-electron chi connectivity index (χ0n) is 19.0. The van der Waals surface area contributed by atoms with Crippen LogP contribution in [0.25, 0.3) is 0 Å². The summed E-state index contributed by atoms with van der Waals surface area (Å²) in [4.78, 5) is 0. The van der Waals surface area contributed by atoms with Crippen LogP contribution in [0.2, 0.25) is 0 Å². The van der Waals surface area contributed by atoms with Gasteiger partial charge in [0.05, 0.1) is 11.1 Å². The van der Waals surface area contributed by atoms with Crippen LogP contribution in [-0.2, 0) is 12.4 Å². The smallest absolute Gasteiger partial charge is 0.419 e. The number of hydrogen-bond donors (Lipinski definition) is 0. The normalized spacial score (nSPS) is 12.4. The van der Waals surface area contributed by atoms with Crippen LogP contribution < -0.4 is 9.47 Å². The molecule has 0 aromatic heterocycles. The summed E-state index contributed by atoms with van der Waals surface area (Å²) in [7, 11) is 0. The molecule has 0 unspecified atom stereocenters. The van der Waals surface area contributed by atoms with E-state index in [-0.39, 0.29) is 34.8 Å². The van der Waals surface area contributed by atoms with E-state index in [0.29, 0.717) is 11.1 Å². The average Bonchev–Trinajstić information content (AvgIpc) is 2.74. The first-order valence-electron chi connectivity index (χ1n) is 10.6. The maximum Gasteiger partial charge on any atom is 0.419 e. The van der Waals surface area contributed by atoms with Gasteiger partial charge in [-0.25, -0.2) is 0 Å². The van der Waals surface area contributed by atoms with Crippen LogP contribution >= 0.6 is 0 Å². The minimum atomic E-state index is -4.61. The van der Waals surface area contributed by atoms with Gasteiger partial charge < -0.3 is 9.47 Å². The molecule has 0 aliphatic rings. The van der Waals surface area contributed by atoms with Crippen LogP contribution in [0.4, 0.5) is 26.3 Å². The summed E-state index contributed by atoms with van der Waals surface area (Å²) in [6, 6.07) is 13.1. The molecule has 0 fully saturated rings. The molecule has 3 rings (SSSR count). The number of ether oxygens (including phenoxy) is 2. The highest BCUT2D eigenvalue weighted by atomic mass is 19.4. The van der Waals surface area contributed by atoms with E-state index in [0.717, 1.165) is 12.1 Å². The van der Waals surface area contributed by atoms with Crippen molar-refractivity contribution < 1.29 is 35.8 Å². The highest BCUT2D eigenvalue weighted by Gasteiger charge is 2.36. The Kier molecular flexibility index (Phi) is 7.19. The third kappa shape index (κ3) is 6.04. The maximum atomic E-state index is 13.5. The third-order valence-corrected chi connectivity index (χ3v) is 5.23. The van der Waals surface area contributed by atoms with Gasteiger partial charge in [-0.15, -0.1) is 0 Å². The maximum absolute atomic E-state index is 13.5. The van der Waals surface area contributed by atoms with Crippen molar-refractivity contribution in [3.63, 3.8) is 0 Å². The summed E-state index contributed by atoms with van der Waals surface area (Å²) in [5, 5.41) is 0. The van der Waals surface area contributed by atoms with Gasteiger partial charge in [-0.3, -0.25) is 0 Å². The minimum Gasteiger partial charge on any atom is -0.457 e. The molecule has 0 aliphatic heterocycles. The summed E-state index contributed by atoms with van der Waals surface area (Å²) in [5.41, 5.74) is -0.766. The van der Waals surface area contributed by atoms with Crippen molar-refractivity contribution in [2.24, 2.45) is 0 Å². The van der Waals surface area contributed by atoms with Crippen molar-refractivity contribution in [2.45, 2.75) is 51.9 Å². The lowest BCUT2D eigenvalue weighted by molar-refractivity contribution is -0.139. The summed E-state index contributed by atoms with van der Waals surface area (Å²) in [6.07, 6.45) is -9.22. The Labute approximate surface area is 194 Å². The molecule has 34 heavy (non-hydrogen) atoms. The van der Waals surface area contributed by atoms with Crippen molar-refractivity contribution in [3.8, 4) is 23.0 Å². The van der Waals surface area contributed by atoms with E-state index in [4.69, 9.17) is 9.47 Å². The van der Waals surface area contributed by atoms with Gasteiger partial charge in [-0.1, -0.05) is 39.8 Å². The number of rotatable bonds is 6. The number of alkyl halides is 6. The molecule has 0 spiro atoms. The Balaban J connectivity index is 1.85. The molecule has 0 saturated carbocycles. The van der Waals surface area contributed by atoms with Crippen LogP contribution in [0, 0.1) is 0 Å². The second-order valence-electron chi connectivity index (χ2n) is 8.49. The fourth-order valence-electron chi connectivity index (χ4n) is 3.26. The molecule has 0 radical (unpaired) electrons. The molecule has 8 heteroatoms. The van der Waals surface area contributed by atoms with Crippen molar-refractivity contribution in [3.05, 3.63) is 82.9 Å². The predicted octanol–water partition coefficient (Wildman–Crippen LogP) is 9.56. The first-order chi connectivity index (χ1) is 15.8. The molecular weight excluding hydrogens is 458 g/mol. The molecule has 0 saturated heterocycles. The molecule has 0 heterocycles. The predicted molar refractivity (Wildman–Crippen MR) is 118 cm³/mol. The van der Waals surface area contributed by atoms with Gasteiger partial charge in [0.1, 0.15) is 23.0 Å². The lowest BCUT2D eigenvalue weighted by atomic mass is 10.00. The van der Waals surface area contributed by atoms with Gasteiger partial charge in [-0.2, -0.15) is 26.3 Å². The van der Waals surface area contributed by atoms with Crippen LogP contribution in [0.1, 0.15) is 61.8 Å². The molecule has 3 aromatic rings. The van der Waals surface area contributed by atoms with Gasteiger partial charge >= 0.3 is 12.4 Å². The summed E-state index contributed by atoms with van der Waals surface area (Å²) < 4.78 is 92.0. The average molecular weight is 482 g/mol. The molecule has 0 bridgehead atoms. The quantitative estimate of drug-likeness (QED) is 0.326. The lowest BCUT2D eigenvalue weighted by Gasteiger charge is -2.17. The summed E-state index contributed by atoms with van der Waals surface area (Å²) >= 11 is 0. The van der Waals surface area contributed by atoms with E-state index in [1.54, 1.807) is 39.8 Å². The molecule has 3 aromatic carbocycles. The number of halogens is 6. The highest BCUT2D eigenvalue weighted by molar-refractivity contribution is 5.46. The van der Waals surface area contributed by atoms with Crippen LogP contribution in [0.3, 0.4) is 0 Å². The van der Waals surface area contributed by atoms with Gasteiger partial charge in [0.15, 0.2) is 0 Å². The van der Waals surface area contributed by atoms with Gasteiger partial charge in [0, 0.05) is 0 Å². The van der Waals surface area contributed by atoms with Crippen LogP contribution in [0.15, 0.2) is 60.7 Å². The molecule has 0 N–H and O–H groups in total. The van der Waals surface area contributed by atoms with E-state index >= 15 is 0 Å². The van der Waals surface area contributed by atoms with E-state index in [2.05, 4.69) is 0 Å². The zero-order valence-corrected chi connectivity index (χ0v) is 19.0. The summed E-state index contributed by atoms with van der Waals surface area (Å²) in [6.45, 7) is 7.15. The molecule has 0 amide bonds. The standard InChI is InChI=1S/C26H24F6O2/c1-15(2)17-5-11-23(21(13-17)25(27,28)29)33-19-7-9-20(10-8-19)34-24-12-6-18(16(3)4)14-22(24)26(30,31)32/h5-16H,1-4H3. The molecule has 0 atom stereocenters. The van der Waals surface area contributed by atoms with Gasteiger partial charge in [0.25, 0.3) is 0 Å². The Morgan fingerprint density at radius 2 is 0.853 bits per heavy atom. The minimum absolute atomic E-state index is 0.0846. The lowest BCUT2D eigenvalue weighted by Crippen LogP contribution is -2.08. The Hall–Kier alpha value is -3.16. The number of benzene rings is 3. The van der Waals surface area contributed by atoms with E-state index < -0.39 is 23.5 Å².